The summed E-state index contributed by atoms with van der Waals surface area (Å²) in [6.07, 6.45) is -0.185. The Kier molecular flexibility index (Phi) is 5.42. The zero-order valence-electron chi connectivity index (χ0n) is 15.9. The predicted molar refractivity (Wildman–Crippen MR) is 106 cm³/mol. The highest BCUT2D eigenvalue weighted by Crippen LogP contribution is 2.31. The van der Waals surface area contributed by atoms with Gasteiger partial charge in [-0.2, -0.15) is 0 Å². The third-order valence-corrected chi connectivity index (χ3v) is 6.56. The number of carbonyl (C=O) groups is 2. The third kappa shape index (κ3) is 4.33. The van der Waals surface area contributed by atoms with E-state index in [1.54, 1.807) is 0 Å². The van der Waals surface area contributed by atoms with Crippen molar-refractivity contribution in [3.05, 3.63) is 47.5 Å². The molecule has 0 radical (unpaired) electrons. The van der Waals surface area contributed by atoms with E-state index >= 15 is 0 Å². The summed E-state index contributed by atoms with van der Waals surface area (Å²) in [6, 6.07) is 9.93. The van der Waals surface area contributed by atoms with Gasteiger partial charge >= 0.3 is 0 Å². The fourth-order valence-corrected chi connectivity index (χ4v) is 4.48. The Balaban J connectivity index is 1.74. The molecule has 0 aromatic heterocycles. The van der Waals surface area contributed by atoms with E-state index in [0.29, 0.717) is 17.1 Å². The predicted octanol–water partition coefficient (Wildman–Crippen LogP) is 2.83. The lowest BCUT2D eigenvalue weighted by atomic mass is 10.1. The summed E-state index contributed by atoms with van der Waals surface area (Å²) in [5, 5.41) is 4.41. The highest BCUT2D eigenvalue weighted by atomic mass is 32.2. The Morgan fingerprint density at radius 2 is 1.86 bits per heavy atom. The number of ether oxygens (including phenoxy) is 1. The second kappa shape index (κ2) is 7.63. The maximum absolute atomic E-state index is 12.9. The van der Waals surface area contributed by atoms with E-state index in [2.05, 4.69) is 10.6 Å². The van der Waals surface area contributed by atoms with Gasteiger partial charge in [0, 0.05) is 12.1 Å². The lowest BCUT2D eigenvalue weighted by Crippen LogP contribution is -2.27. The van der Waals surface area contributed by atoms with Crippen LogP contribution in [-0.2, 0) is 19.4 Å². The summed E-state index contributed by atoms with van der Waals surface area (Å²) in [5.41, 5.74) is 2.97. The van der Waals surface area contributed by atoms with Crippen molar-refractivity contribution in [3.8, 4) is 5.75 Å². The van der Waals surface area contributed by atoms with Crippen molar-refractivity contribution in [1.82, 2.24) is 0 Å². The molecule has 0 bridgehead atoms. The molecule has 28 heavy (non-hydrogen) atoms. The largest absolute Gasteiger partial charge is 0.482 e. The molecule has 1 heterocycles. The van der Waals surface area contributed by atoms with Gasteiger partial charge in [0.25, 0.3) is 5.91 Å². The van der Waals surface area contributed by atoms with Crippen LogP contribution in [0, 0.1) is 13.8 Å². The molecule has 1 atom stereocenters. The topological polar surface area (TPSA) is 102 Å². The second-order valence-corrected chi connectivity index (χ2v) is 9.35. The zero-order valence-corrected chi connectivity index (χ0v) is 16.7. The summed E-state index contributed by atoms with van der Waals surface area (Å²) < 4.78 is 31.0. The minimum atomic E-state index is -3.76. The number of anilines is 2. The van der Waals surface area contributed by atoms with Crippen molar-refractivity contribution in [1.29, 1.82) is 0 Å². The average Bonchev–Trinajstić information content (AvgIpc) is 2.59. The minimum absolute atomic E-state index is 0.0313. The maximum atomic E-state index is 12.9. The van der Waals surface area contributed by atoms with E-state index in [-0.39, 0.29) is 29.7 Å². The molecule has 3 rings (SSSR count). The first-order chi connectivity index (χ1) is 13.1. The van der Waals surface area contributed by atoms with Gasteiger partial charge in [-0.1, -0.05) is 6.07 Å². The lowest BCUT2D eigenvalue weighted by Gasteiger charge is -2.19. The van der Waals surface area contributed by atoms with E-state index in [1.807, 2.05) is 32.0 Å². The molecule has 7 nitrogen and oxygen atoms in total. The molecule has 0 fully saturated rings. The minimum Gasteiger partial charge on any atom is -0.482 e. The summed E-state index contributed by atoms with van der Waals surface area (Å²) in [6.45, 7) is 5.24. The third-order valence-electron chi connectivity index (χ3n) is 4.42. The van der Waals surface area contributed by atoms with Crippen LogP contribution in [0.25, 0.3) is 0 Å². The van der Waals surface area contributed by atoms with Gasteiger partial charge in [-0.3, -0.25) is 9.59 Å². The van der Waals surface area contributed by atoms with Crippen LogP contribution < -0.4 is 15.4 Å². The molecular formula is C20H22N2O5S. The van der Waals surface area contributed by atoms with Crippen LogP contribution in [0.2, 0.25) is 0 Å². The Hall–Kier alpha value is -2.87. The van der Waals surface area contributed by atoms with Gasteiger partial charge in [0.2, 0.25) is 5.91 Å². The zero-order chi connectivity index (χ0) is 20.5. The summed E-state index contributed by atoms with van der Waals surface area (Å²) >= 11 is 0. The lowest BCUT2D eigenvalue weighted by molar-refractivity contribution is -0.118. The second-order valence-electron chi connectivity index (χ2n) is 6.98. The normalized spacial score (nSPS) is 14.5. The molecular weight excluding hydrogens is 380 g/mol. The number of rotatable bonds is 5. The molecule has 148 valence electrons. The van der Waals surface area contributed by atoms with Crippen LogP contribution in [0.4, 0.5) is 11.4 Å². The van der Waals surface area contributed by atoms with Crippen molar-refractivity contribution in [2.24, 2.45) is 0 Å². The van der Waals surface area contributed by atoms with Crippen molar-refractivity contribution >= 4 is 33.0 Å². The van der Waals surface area contributed by atoms with Crippen LogP contribution in [0.5, 0.6) is 5.75 Å². The van der Waals surface area contributed by atoms with Crippen molar-refractivity contribution < 1.29 is 22.7 Å². The molecule has 1 unspecified atom stereocenters. The molecule has 0 aliphatic carbocycles. The van der Waals surface area contributed by atoms with Gasteiger partial charge in [0.15, 0.2) is 16.4 Å². The SMILES string of the molecule is Cc1cc(C)cc(NC(=O)CC(C)S(=O)(=O)c2ccc3c(c2)NC(=O)CO3)c1. The molecule has 0 saturated heterocycles. The maximum Gasteiger partial charge on any atom is 0.262 e. The monoisotopic (exact) mass is 402 g/mol. The number of hydrogen-bond donors (Lipinski definition) is 2. The van der Waals surface area contributed by atoms with E-state index in [0.717, 1.165) is 11.1 Å². The number of aryl methyl sites for hydroxylation is 2. The van der Waals surface area contributed by atoms with Crippen LogP contribution in [0.15, 0.2) is 41.3 Å². The van der Waals surface area contributed by atoms with Gasteiger partial charge in [0.1, 0.15) is 5.75 Å². The Morgan fingerprint density at radius 3 is 2.54 bits per heavy atom. The summed E-state index contributed by atoms with van der Waals surface area (Å²) in [4.78, 5) is 23.8. The van der Waals surface area contributed by atoms with Crippen molar-refractivity contribution in [3.63, 3.8) is 0 Å². The quantitative estimate of drug-likeness (QED) is 0.801. The van der Waals surface area contributed by atoms with Gasteiger partial charge in [-0.25, -0.2) is 8.42 Å². The standard InChI is InChI=1S/C20H22N2O5S/c1-12-6-13(2)8-15(7-12)21-19(23)9-14(3)28(25,26)16-4-5-18-17(10-16)22-20(24)11-27-18/h4-8,10,14H,9,11H2,1-3H3,(H,21,23)(H,22,24). The number of carbonyl (C=O) groups excluding carboxylic acids is 2. The fraction of sp³-hybridized carbons (Fsp3) is 0.300. The number of fused-ring (bicyclic) bond motifs is 1. The molecule has 2 aromatic carbocycles. The van der Waals surface area contributed by atoms with E-state index in [4.69, 9.17) is 4.74 Å². The van der Waals surface area contributed by atoms with Gasteiger partial charge in [-0.05, 0) is 62.2 Å². The molecule has 2 N–H and O–H groups in total. The highest BCUT2D eigenvalue weighted by molar-refractivity contribution is 7.92. The molecule has 0 spiro atoms. The number of amides is 2. The Labute approximate surface area is 164 Å². The van der Waals surface area contributed by atoms with Crippen molar-refractivity contribution in [2.75, 3.05) is 17.2 Å². The van der Waals surface area contributed by atoms with Gasteiger partial charge in [0.05, 0.1) is 15.8 Å². The number of hydrogen-bond acceptors (Lipinski definition) is 5. The summed E-state index contributed by atoms with van der Waals surface area (Å²) in [5.74, 6) is -0.308. The van der Waals surface area contributed by atoms with Crippen LogP contribution in [0.3, 0.4) is 0 Å². The Bertz CT molecular complexity index is 1030. The van der Waals surface area contributed by atoms with Gasteiger partial charge < -0.3 is 15.4 Å². The smallest absolute Gasteiger partial charge is 0.262 e. The van der Waals surface area contributed by atoms with Crippen LogP contribution in [0.1, 0.15) is 24.5 Å². The Morgan fingerprint density at radius 1 is 1.18 bits per heavy atom. The first-order valence-electron chi connectivity index (χ1n) is 8.84. The van der Waals surface area contributed by atoms with Crippen LogP contribution >= 0.6 is 0 Å². The molecule has 2 aromatic rings. The molecule has 8 heteroatoms. The number of nitrogens with one attached hydrogen (secondary N) is 2. The number of benzene rings is 2. The van der Waals surface area contributed by atoms with E-state index in [9.17, 15) is 18.0 Å². The van der Waals surface area contributed by atoms with Crippen LogP contribution in [-0.4, -0.2) is 32.1 Å². The molecule has 2 amide bonds. The first-order valence-corrected chi connectivity index (χ1v) is 10.4. The summed E-state index contributed by atoms with van der Waals surface area (Å²) in [7, 11) is -3.76. The number of sulfone groups is 1. The fourth-order valence-electron chi connectivity index (χ4n) is 3.10. The molecule has 1 aliphatic rings. The van der Waals surface area contributed by atoms with E-state index < -0.39 is 15.1 Å². The first kappa shape index (κ1) is 19.9. The molecule has 0 saturated carbocycles. The van der Waals surface area contributed by atoms with Gasteiger partial charge in [-0.15, -0.1) is 0 Å². The van der Waals surface area contributed by atoms with Crippen molar-refractivity contribution in [2.45, 2.75) is 37.3 Å². The molecule has 1 aliphatic heterocycles. The van der Waals surface area contributed by atoms with E-state index in [1.165, 1.54) is 25.1 Å². The highest BCUT2D eigenvalue weighted by Gasteiger charge is 2.28. The average molecular weight is 402 g/mol.